The third-order valence-electron chi connectivity index (χ3n) is 6.29. The molecule has 0 saturated heterocycles. The number of benzene rings is 1. The summed E-state index contributed by atoms with van der Waals surface area (Å²) in [6, 6.07) is 7.61. The second-order valence-electron chi connectivity index (χ2n) is 8.29. The largest absolute Gasteiger partial charge is 0.416 e. The Kier molecular flexibility index (Phi) is 4.16. The highest BCUT2D eigenvalue weighted by Crippen LogP contribution is 2.42. The van der Waals surface area contributed by atoms with Crippen molar-refractivity contribution in [3.8, 4) is 0 Å². The molecule has 0 bridgehead atoms. The topological polar surface area (TPSA) is 68.4 Å². The van der Waals surface area contributed by atoms with Crippen LogP contribution in [0.4, 0.5) is 13.2 Å². The van der Waals surface area contributed by atoms with Crippen molar-refractivity contribution >= 4 is 39.3 Å². The van der Waals surface area contributed by atoms with Gasteiger partial charge in [-0.1, -0.05) is 6.07 Å². The lowest BCUT2D eigenvalue weighted by atomic mass is 9.96. The third kappa shape index (κ3) is 2.96. The van der Waals surface area contributed by atoms with E-state index in [4.69, 9.17) is 0 Å². The van der Waals surface area contributed by atoms with Crippen molar-refractivity contribution in [3.63, 3.8) is 0 Å². The molecule has 1 aromatic carbocycles. The van der Waals surface area contributed by atoms with Crippen LogP contribution in [0.25, 0.3) is 27.7 Å². The lowest BCUT2D eigenvalue weighted by Gasteiger charge is -2.12. The molecule has 0 unspecified atom stereocenters. The Morgan fingerprint density at radius 1 is 1.06 bits per heavy atom. The van der Waals surface area contributed by atoms with E-state index in [0.717, 1.165) is 12.1 Å². The molecular formula is C24H17F3N4O2. The standard InChI is InChI=1S/C24H17F3N4O2/c25-24(26,27)14-7-13-10-28-4-6-30-12-16(15(8-14)23(13)30)21-18(32)9-19(33)22(21)17-11-29-20-3-1-2-5-31(17)20/h1-3,5,7-8,11-12,28H,4,6,9-10H2. The maximum Gasteiger partial charge on any atom is 0.416 e. The number of fused-ring (bicyclic) bond motifs is 1. The van der Waals surface area contributed by atoms with Crippen LogP contribution in [0.3, 0.4) is 0 Å². The fourth-order valence-electron chi connectivity index (χ4n) is 4.90. The highest BCUT2D eigenvalue weighted by molar-refractivity contribution is 6.51. The highest BCUT2D eigenvalue weighted by atomic mass is 19.4. The molecule has 0 radical (unpaired) electrons. The highest BCUT2D eigenvalue weighted by Gasteiger charge is 2.37. The summed E-state index contributed by atoms with van der Waals surface area (Å²) in [5.41, 5.74) is 2.17. The zero-order valence-corrected chi connectivity index (χ0v) is 17.2. The van der Waals surface area contributed by atoms with Gasteiger partial charge in [-0.2, -0.15) is 13.2 Å². The zero-order chi connectivity index (χ0) is 22.9. The van der Waals surface area contributed by atoms with Gasteiger partial charge in [-0.05, 0) is 29.8 Å². The molecule has 3 aromatic heterocycles. The van der Waals surface area contributed by atoms with Crippen LogP contribution in [0, 0.1) is 0 Å². The van der Waals surface area contributed by atoms with E-state index in [0.29, 0.717) is 46.5 Å². The molecule has 0 amide bonds. The molecule has 6 rings (SSSR count). The van der Waals surface area contributed by atoms with E-state index in [1.807, 2.05) is 10.6 Å². The van der Waals surface area contributed by atoms with Crippen molar-refractivity contribution in [1.82, 2.24) is 19.3 Å². The van der Waals surface area contributed by atoms with Crippen LogP contribution in [-0.4, -0.2) is 32.1 Å². The van der Waals surface area contributed by atoms with Gasteiger partial charge in [0.25, 0.3) is 0 Å². The number of hydrogen-bond acceptors (Lipinski definition) is 4. The van der Waals surface area contributed by atoms with Crippen LogP contribution >= 0.6 is 0 Å². The van der Waals surface area contributed by atoms with Gasteiger partial charge in [-0.25, -0.2) is 4.98 Å². The molecule has 33 heavy (non-hydrogen) atoms. The monoisotopic (exact) mass is 450 g/mol. The number of alkyl halides is 3. The smallest absolute Gasteiger partial charge is 0.345 e. The summed E-state index contributed by atoms with van der Waals surface area (Å²) in [4.78, 5) is 30.4. The fourth-order valence-corrected chi connectivity index (χ4v) is 4.90. The number of ketones is 2. The Labute approximate surface area is 185 Å². The number of pyridine rings is 1. The summed E-state index contributed by atoms with van der Waals surface area (Å²) in [6.45, 7) is 1.40. The quantitative estimate of drug-likeness (QED) is 0.471. The molecule has 9 heteroatoms. The second-order valence-corrected chi connectivity index (χ2v) is 8.29. The predicted octanol–water partition coefficient (Wildman–Crippen LogP) is 3.86. The molecule has 1 N–H and O–H groups in total. The molecule has 0 saturated carbocycles. The Morgan fingerprint density at radius 2 is 1.88 bits per heavy atom. The summed E-state index contributed by atoms with van der Waals surface area (Å²) in [6.07, 6.45) is 0.122. The predicted molar refractivity (Wildman–Crippen MR) is 115 cm³/mol. The Morgan fingerprint density at radius 3 is 2.70 bits per heavy atom. The van der Waals surface area contributed by atoms with E-state index in [1.54, 1.807) is 28.9 Å². The van der Waals surface area contributed by atoms with Crippen LogP contribution in [0.15, 0.2) is 48.9 Å². The maximum absolute atomic E-state index is 13.7. The van der Waals surface area contributed by atoms with Crippen molar-refractivity contribution in [1.29, 1.82) is 0 Å². The number of nitrogens with one attached hydrogen (secondary N) is 1. The summed E-state index contributed by atoms with van der Waals surface area (Å²) in [7, 11) is 0. The molecule has 166 valence electrons. The number of nitrogens with zero attached hydrogens (tertiary/aromatic N) is 3. The van der Waals surface area contributed by atoms with Crippen molar-refractivity contribution in [2.24, 2.45) is 0 Å². The van der Waals surface area contributed by atoms with E-state index in [1.165, 1.54) is 6.20 Å². The number of aromatic nitrogens is 3. The number of rotatable bonds is 2. The molecular weight excluding hydrogens is 433 g/mol. The first-order valence-electron chi connectivity index (χ1n) is 10.5. The fraction of sp³-hybridized carbons (Fsp3) is 0.208. The van der Waals surface area contributed by atoms with E-state index in [9.17, 15) is 22.8 Å². The van der Waals surface area contributed by atoms with Gasteiger partial charge >= 0.3 is 6.18 Å². The summed E-state index contributed by atoms with van der Waals surface area (Å²) >= 11 is 0. The van der Waals surface area contributed by atoms with Gasteiger partial charge < -0.3 is 9.88 Å². The summed E-state index contributed by atoms with van der Waals surface area (Å²) in [5, 5.41) is 3.47. The molecule has 4 aromatic rings. The molecule has 6 nitrogen and oxygen atoms in total. The molecule has 1 aliphatic heterocycles. The van der Waals surface area contributed by atoms with E-state index >= 15 is 0 Å². The van der Waals surface area contributed by atoms with Crippen molar-refractivity contribution in [3.05, 3.63) is 71.3 Å². The minimum Gasteiger partial charge on any atom is -0.345 e. The van der Waals surface area contributed by atoms with E-state index in [2.05, 4.69) is 10.3 Å². The number of halogens is 3. The number of hydrogen-bond donors (Lipinski definition) is 1. The average Bonchev–Trinajstić information content (AvgIpc) is 3.38. The minimum absolute atomic E-state index is 0.160. The normalized spacial score (nSPS) is 16.9. The van der Waals surface area contributed by atoms with Gasteiger partial charge in [0, 0.05) is 48.6 Å². The molecule has 1 aliphatic carbocycles. The lowest BCUT2D eigenvalue weighted by molar-refractivity contribution is -0.137. The van der Waals surface area contributed by atoms with E-state index < -0.39 is 17.5 Å². The van der Waals surface area contributed by atoms with Crippen molar-refractivity contribution in [2.45, 2.75) is 25.7 Å². The van der Waals surface area contributed by atoms with Crippen molar-refractivity contribution < 1.29 is 22.8 Å². The Balaban J connectivity index is 1.69. The Hall–Kier alpha value is -3.72. The molecule has 4 heterocycles. The number of allylic oxidation sites excluding steroid dienone is 2. The minimum atomic E-state index is -4.54. The van der Waals surface area contributed by atoms with Gasteiger partial charge in [-0.3, -0.25) is 14.0 Å². The number of carbonyl (C=O) groups is 2. The molecule has 2 aliphatic rings. The van der Waals surface area contributed by atoms with Gasteiger partial charge in [0.15, 0.2) is 11.6 Å². The third-order valence-corrected chi connectivity index (χ3v) is 6.29. The molecule has 0 fully saturated rings. The van der Waals surface area contributed by atoms with Crippen LogP contribution in [0.5, 0.6) is 0 Å². The van der Waals surface area contributed by atoms with E-state index in [-0.39, 0.29) is 29.9 Å². The van der Waals surface area contributed by atoms with Crippen LogP contribution < -0.4 is 5.32 Å². The van der Waals surface area contributed by atoms with Gasteiger partial charge in [0.05, 0.1) is 35.0 Å². The zero-order valence-electron chi connectivity index (χ0n) is 17.2. The number of carbonyl (C=O) groups excluding carboxylic acids is 2. The number of Topliss-reactive ketones (excluding diaryl/α,β-unsaturated/α-hetero) is 2. The van der Waals surface area contributed by atoms with Crippen LogP contribution in [-0.2, 0) is 28.9 Å². The van der Waals surface area contributed by atoms with Crippen molar-refractivity contribution in [2.75, 3.05) is 6.54 Å². The first-order valence-corrected chi connectivity index (χ1v) is 10.5. The number of imidazole rings is 1. The van der Waals surface area contributed by atoms with Gasteiger partial charge in [0.2, 0.25) is 0 Å². The molecule has 0 atom stereocenters. The summed E-state index contributed by atoms with van der Waals surface area (Å²) < 4.78 is 44.7. The average molecular weight is 450 g/mol. The Bertz CT molecular complexity index is 1520. The first-order chi connectivity index (χ1) is 15.8. The van der Waals surface area contributed by atoms with Gasteiger partial charge in [0.1, 0.15) is 5.65 Å². The maximum atomic E-state index is 13.7. The van der Waals surface area contributed by atoms with Crippen LogP contribution in [0.1, 0.15) is 28.8 Å². The lowest BCUT2D eigenvalue weighted by Crippen LogP contribution is -2.16. The second kappa shape index (κ2) is 6.89. The SMILES string of the molecule is O=C1CC(=O)C(c2cnc3ccccn23)=C1c1cn2c3c(cc(C(F)(F)F)cc13)CNCC2. The van der Waals surface area contributed by atoms with Gasteiger partial charge in [-0.15, -0.1) is 0 Å². The van der Waals surface area contributed by atoms with Crippen LogP contribution in [0.2, 0.25) is 0 Å². The molecule has 0 spiro atoms. The first kappa shape index (κ1) is 19.9. The summed E-state index contributed by atoms with van der Waals surface area (Å²) in [5.74, 6) is -0.753.